The summed E-state index contributed by atoms with van der Waals surface area (Å²) in [6.45, 7) is -0.134. The van der Waals surface area contributed by atoms with Gasteiger partial charge in [0.15, 0.2) is 6.61 Å². The third-order valence-electron chi connectivity index (χ3n) is 3.39. The summed E-state index contributed by atoms with van der Waals surface area (Å²) >= 11 is 6.14. The summed E-state index contributed by atoms with van der Waals surface area (Å²) < 4.78 is 10.7. The molecule has 0 aliphatic rings. The van der Waals surface area contributed by atoms with Crippen molar-refractivity contribution in [3.63, 3.8) is 0 Å². The molecular weight excluding hydrogens is 328 g/mol. The van der Waals surface area contributed by atoms with Crippen molar-refractivity contribution in [2.24, 2.45) is 0 Å². The molecule has 0 unspecified atom stereocenters. The smallest absolute Gasteiger partial charge is 0.262 e. The number of rotatable bonds is 5. The molecule has 0 aliphatic carbocycles. The molecule has 1 aromatic heterocycles. The van der Waals surface area contributed by atoms with Crippen LogP contribution >= 0.6 is 11.6 Å². The predicted molar refractivity (Wildman–Crippen MR) is 93.9 cm³/mol. The Kier molecular flexibility index (Phi) is 4.82. The molecule has 5 nitrogen and oxygen atoms in total. The average molecular weight is 343 g/mol. The van der Waals surface area contributed by atoms with Crippen molar-refractivity contribution in [1.29, 1.82) is 0 Å². The number of amides is 1. The Balaban J connectivity index is 1.69. The quantitative estimate of drug-likeness (QED) is 0.763. The van der Waals surface area contributed by atoms with E-state index in [0.717, 1.165) is 5.39 Å². The second kappa shape index (κ2) is 7.19. The third kappa shape index (κ3) is 3.58. The molecule has 0 saturated heterocycles. The first kappa shape index (κ1) is 16.1. The molecule has 3 rings (SSSR count). The number of aromatic nitrogens is 1. The lowest BCUT2D eigenvalue weighted by Gasteiger charge is -2.10. The number of carbonyl (C=O) groups is 1. The molecule has 0 spiro atoms. The highest BCUT2D eigenvalue weighted by Gasteiger charge is 2.09. The maximum atomic E-state index is 12.1. The number of halogens is 1. The highest BCUT2D eigenvalue weighted by molar-refractivity contribution is 6.35. The molecule has 122 valence electrons. The molecule has 6 heteroatoms. The van der Waals surface area contributed by atoms with Crippen LogP contribution in [0.5, 0.6) is 11.5 Å². The van der Waals surface area contributed by atoms with Gasteiger partial charge >= 0.3 is 0 Å². The zero-order valence-electron chi connectivity index (χ0n) is 13.0. The van der Waals surface area contributed by atoms with Crippen molar-refractivity contribution >= 4 is 34.1 Å². The van der Waals surface area contributed by atoms with E-state index in [0.29, 0.717) is 27.7 Å². The fourth-order valence-corrected chi connectivity index (χ4v) is 2.49. The monoisotopic (exact) mass is 342 g/mol. The Hall–Kier alpha value is -2.79. The van der Waals surface area contributed by atoms with Crippen molar-refractivity contribution in [3.8, 4) is 11.5 Å². The number of carbonyl (C=O) groups excluding carboxylic acids is 1. The van der Waals surface area contributed by atoms with Gasteiger partial charge in [0.1, 0.15) is 17.0 Å². The summed E-state index contributed by atoms with van der Waals surface area (Å²) in [7, 11) is 1.57. The van der Waals surface area contributed by atoms with E-state index in [1.54, 1.807) is 55.8 Å². The van der Waals surface area contributed by atoms with E-state index < -0.39 is 0 Å². The van der Waals surface area contributed by atoms with Gasteiger partial charge in [-0.05, 0) is 36.4 Å². The van der Waals surface area contributed by atoms with Crippen molar-refractivity contribution in [2.45, 2.75) is 0 Å². The normalized spacial score (nSPS) is 10.4. The van der Waals surface area contributed by atoms with E-state index in [9.17, 15) is 4.79 Å². The summed E-state index contributed by atoms with van der Waals surface area (Å²) in [4.78, 5) is 16.3. The largest absolute Gasteiger partial charge is 0.497 e. The minimum atomic E-state index is -0.276. The van der Waals surface area contributed by atoms with Gasteiger partial charge in [-0.1, -0.05) is 17.7 Å². The molecule has 3 aromatic rings. The van der Waals surface area contributed by atoms with Crippen LogP contribution in [-0.4, -0.2) is 24.6 Å². The van der Waals surface area contributed by atoms with Gasteiger partial charge in [-0.25, -0.2) is 0 Å². The molecular formula is C18H15ClN2O3. The van der Waals surface area contributed by atoms with E-state index >= 15 is 0 Å². The number of nitrogens with one attached hydrogen (secondary N) is 1. The fraction of sp³-hybridized carbons (Fsp3) is 0.111. The average Bonchev–Trinajstić information content (AvgIpc) is 2.61. The molecule has 24 heavy (non-hydrogen) atoms. The Bertz CT molecular complexity index is 883. The molecule has 0 saturated carbocycles. The number of hydrogen-bond donors (Lipinski definition) is 1. The first-order valence-electron chi connectivity index (χ1n) is 7.27. The first-order valence-corrected chi connectivity index (χ1v) is 7.65. The standard InChI is InChI=1S/C18H15ClN2O3/c1-23-13-5-2-4-12(10-13)21-17(22)11-24-16-8-7-15(19)14-6-3-9-20-18(14)16/h2-10H,11H2,1H3,(H,21,22). The lowest BCUT2D eigenvalue weighted by atomic mass is 10.2. The van der Waals surface area contributed by atoms with Gasteiger partial charge in [0.2, 0.25) is 0 Å². The van der Waals surface area contributed by atoms with Crippen LogP contribution in [0.1, 0.15) is 0 Å². The van der Waals surface area contributed by atoms with Gasteiger partial charge in [-0.15, -0.1) is 0 Å². The minimum absolute atomic E-state index is 0.134. The van der Waals surface area contributed by atoms with Crippen molar-refractivity contribution in [3.05, 3.63) is 59.8 Å². The van der Waals surface area contributed by atoms with Crippen LogP contribution in [0.3, 0.4) is 0 Å². The number of benzene rings is 2. The zero-order chi connectivity index (χ0) is 16.9. The van der Waals surface area contributed by atoms with E-state index in [1.165, 1.54) is 0 Å². The van der Waals surface area contributed by atoms with Gasteiger partial charge in [-0.2, -0.15) is 0 Å². The SMILES string of the molecule is COc1cccc(NC(=O)COc2ccc(Cl)c3cccnc23)c1. The number of ether oxygens (including phenoxy) is 2. The Labute approximate surface area is 144 Å². The Morgan fingerprint density at radius 1 is 1.21 bits per heavy atom. The minimum Gasteiger partial charge on any atom is -0.497 e. The zero-order valence-corrected chi connectivity index (χ0v) is 13.7. The van der Waals surface area contributed by atoms with E-state index in [1.807, 2.05) is 6.07 Å². The highest BCUT2D eigenvalue weighted by atomic mass is 35.5. The lowest BCUT2D eigenvalue weighted by molar-refractivity contribution is -0.118. The number of nitrogens with zero attached hydrogens (tertiary/aromatic N) is 1. The van der Waals surface area contributed by atoms with Gasteiger partial charge < -0.3 is 14.8 Å². The van der Waals surface area contributed by atoms with Crippen LogP contribution < -0.4 is 14.8 Å². The molecule has 1 N–H and O–H groups in total. The van der Waals surface area contributed by atoms with Gasteiger partial charge in [0.05, 0.1) is 12.1 Å². The molecule has 0 bridgehead atoms. The molecule has 0 aliphatic heterocycles. The van der Waals surface area contributed by atoms with E-state index in [4.69, 9.17) is 21.1 Å². The summed E-state index contributed by atoms with van der Waals surface area (Å²) in [5, 5.41) is 4.13. The van der Waals surface area contributed by atoms with Crippen molar-refractivity contribution in [1.82, 2.24) is 4.98 Å². The predicted octanol–water partition coefficient (Wildman–Crippen LogP) is 3.91. The van der Waals surface area contributed by atoms with Crippen molar-refractivity contribution in [2.75, 3.05) is 19.0 Å². The summed E-state index contributed by atoms with van der Waals surface area (Å²) in [5.41, 5.74) is 1.27. The fourth-order valence-electron chi connectivity index (χ4n) is 2.27. The molecule has 0 fully saturated rings. The topological polar surface area (TPSA) is 60.5 Å². The number of pyridine rings is 1. The van der Waals surface area contributed by atoms with Gasteiger partial charge in [-0.3, -0.25) is 9.78 Å². The highest BCUT2D eigenvalue weighted by Crippen LogP contribution is 2.29. The van der Waals surface area contributed by atoms with Gasteiger partial charge in [0, 0.05) is 23.3 Å². The summed E-state index contributed by atoms with van der Waals surface area (Å²) in [6.07, 6.45) is 1.65. The number of fused-ring (bicyclic) bond motifs is 1. The number of anilines is 1. The second-order valence-corrected chi connectivity index (χ2v) is 5.42. The molecule has 1 amide bonds. The number of hydrogen-bond acceptors (Lipinski definition) is 4. The second-order valence-electron chi connectivity index (χ2n) is 5.01. The molecule has 0 atom stereocenters. The van der Waals surface area contributed by atoms with Crippen LogP contribution in [0.15, 0.2) is 54.7 Å². The van der Waals surface area contributed by atoms with Crippen LogP contribution in [-0.2, 0) is 4.79 Å². The molecule has 0 radical (unpaired) electrons. The molecule has 1 heterocycles. The third-order valence-corrected chi connectivity index (χ3v) is 3.72. The summed E-state index contributed by atoms with van der Waals surface area (Å²) in [5.74, 6) is 0.902. The molecule has 2 aromatic carbocycles. The maximum absolute atomic E-state index is 12.1. The van der Waals surface area contributed by atoms with Crippen LogP contribution in [0.25, 0.3) is 10.9 Å². The Morgan fingerprint density at radius 3 is 2.92 bits per heavy atom. The van der Waals surface area contributed by atoms with Crippen LogP contribution in [0.2, 0.25) is 5.02 Å². The lowest BCUT2D eigenvalue weighted by Crippen LogP contribution is -2.20. The number of methoxy groups -OCH3 is 1. The van der Waals surface area contributed by atoms with E-state index in [2.05, 4.69) is 10.3 Å². The van der Waals surface area contributed by atoms with Crippen LogP contribution in [0, 0.1) is 0 Å². The maximum Gasteiger partial charge on any atom is 0.262 e. The summed E-state index contributed by atoms with van der Waals surface area (Å²) in [6, 6.07) is 14.2. The van der Waals surface area contributed by atoms with Crippen molar-refractivity contribution < 1.29 is 14.3 Å². The Morgan fingerprint density at radius 2 is 2.08 bits per heavy atom. The van der Waals surface area contributed by atoms with E-state index in [-0.39, 0.29) is 12.5 Å². The van der Waals surface area contributed by atoms with Gasteiger partial charge in [0.25, 0.3) is 5.91 Å². The first-order chi connectivity index (χ1) is 11.7. The van der Waals surface area contributed by atoms with Crippen LogP contribution in [0.4, 0.5) is 5.69 Å².